The summed E-state index contributed by atoms with van der Waals surface area (Å²) in [6.45, 7) is 5.60. The van der Waals surface area contributed by atoms with E-state index in [9.17, 15) is 18.0 Å². The maximum absolute atomic E-state index is 12.9. The largest absolute Gasteiger partial charge is 0.416 e. The molecule has 0 fully saturated rings. The van der Waals surface area contributed by atoms with E-state index in [0.29, 0.717) is 6.42 Å². The molecule has 1 aromatic rings. The second-order valence-corrected chi connectivity index (χ2v) is 6.33. The maximum atomic E-state index is 12.9. The van der Waals surface area contributed by atoms with Crippen molar-refractivity contribution in [2.24, 2.45) is 5.41 Å². The zero-order valence-corrected chi connectivity index (χ0v) is 13.0. The van der Waals surface area contributed by atoms with E-state index in [-0.39, 0.29) is 30.0 Å². The first-order valence-corrected chi connectivity index (χ1v) is 7.11. The predicted octanol–water partition coefficient (Wildman–Crippen LogP) is 3.16. The van der Waals surface area contributed by atoms with E-state index < -0.39 is 17.6 Å². The van der Waals surface area contributed by atoms with Crippen LogP contribution in [-0.2, 0) is 17.4 Å². The predicted molar refractivity (Wildman–Crippen MR) is 78.2 cm³/mol. The Labute approximate surface area is 128 Å². The summed E-state index contributed by atoms with van der Waals surface area (Å²) < 4.78 is 38.7. The van der Waals surface area contributed by atoms with Gasteiger partial charge in [0.05, 0.1) is 12.0 Å². The number of halogens is 3. The lowest BCUT2D eigenvalue weighted by molar-refractivity contribution is -0.138. The van der Waals surface area contributed by atoms with Gasteiger partial charge in [0.2, 0.25) is 5.91 Å². The molecule has 0 aliphatic rings. The molecule has 0 aliphatic carbocycles. The van der Waals surface area contributed by atoms with Crippen LogP contribution in [0.2, 0.25) is 0 Å². The Balaban J connectivity index is 2.85. The van der Waals surface area contributed by atoms with Crippen LogP contribution < -0.4 is 5.32 Å². The summed E-state index contributed by atoms with van der Waals surface area (Å²) in [6.07, 6.45) is -4.46. The molecular weight excluding hydrogens is 295 g/mol. The van der Waals surface area contributed by atoms with Gasteiger partial charge in [-0.25, -0.2) is 0 Å². The van der Waals surface area contributed by atoms with Gasteiger partial charge in [0, 0.05) is 12.6 Å². The summed E-state index contributed by atoms with van der Waals surface area (Å²) in [6, 6.07) is 4.75. The van der Waals surface area contributed by atoms with Crippen LogP contribution in [0.5, 0.6) is 0 Å². The molecule has 1 aromatic carbocycles. The number of hydrogen-bond donors (Lipinski definition) is 2. The third-order valence-corrected chi connectivity index (χ3v) is 3.47. The first-order valence-electron chi connectivity index (χ1n) is 7.11. The van der Waals surface area contributed by atoms with Crippen LogP contribution in [0.3, 0.4) is 0 Å². The highest BCUT2D eigenvalue weighted by molar-refractivity contribution is 5.79. The SMILES string of the molecule is CC(C)(C)C(CCO)NC(=O)Cc1ccccc1C(F)(F)F. The summed E-state index contributed by atoms with van der Waals surface area (Å²) >= 11 is 0. The molecule has 0 saturated heterocycles. The number of aliphatic hydroxyl groups excluding tert-OH is 1. The zero-order valence-electron chi connectivity index (χ0n) is 13.0. The number of rotatable bonds is 5. The maximum Gasteiger partial charge on any atom is 0.416 e. The van der Waals surface area contributed by atoms with Crippen molar-refractivity contribution in [3.63, 3.8) is 0 Å². The van der Waals surface area contributed by atoms with Crippen LogP contribution in [0.25, 0.3) is 0 Å². The molecule has 6 heteroatoms. The first kappa shape index (κ1) is 18.5. The third kappa shape index (κ3) is 5.33. The summed E-state index contributed by atoms with van der Waals surface area (Å²) in [5, 5.41) is 11.8. The molecule has 3 nitrogen and oxygen atoms in total. The highest BCUT2D eigenvalue weighted by atomic mass is 19.4. The van der Waals surface area contributed by atoms with Gasteiger partial charge in [0.25, 0.3) is 0 Å². The molecule has 2 N–H and O–H groups in total. The van der Waals surface area contributed by atoms with Crippen LogP contribution >= 0.6 is 0 Å². The minimum absolute atomic E-state index is 0.0517. The number of hydrogen-bond acceptors (Lipinski definition) is 2. The molecule has 0 bridgehead atoms. The molecule has 124 valence electrons. The van der Waals surface area contributed by atoms with Crippen LogP contribution in [-0.4, -0.2) is 23.7 Å². The Kier molecular flexibility index (Phi) is 6.00. The van der Waals surface area contributed by atoms with Crippen molar-refractivity contribution in [1.82, 2.24) is 5.32 Å². The first-order chi connectivity index (χ1) is 10.1. The van der Waals surface area contributed by atoms with Crippen molar-refractivity contribution in [2.45, 2.75) is 45.8 Å². The Morgan fingerprint density at radius 2 is 1.82 bits per heavy atom. The molecule has 0 aromatic heterocycles. The standard InChI is InChI=1S/C16H22F3NO2/c1-15(2,3)13(8-9-21)20-14(22)10-11-6-4-5-7-12(11)16(17,18)19/h4-7,13,21H,8-10H2,1-3H3,(H,20,22). The average Bonchev–Trinajstić information content (AvgIpc) is 2.36. The van der Waals surface area contributed by atoms with E-state index in [1.807, 2.05) is 20.8 Å². The van der Waals surface area contributed by atoms with Crippen molar-refractivity contribution >= 4 is 5.91 Å². The van der Waals surface area contributed by atoms with E-state index in [2.05, 4.69) is 5.32 Å². The lowest BCUT2D eigenvalue weighted by Crippen LogP contribution is -2.45. The van der Waals surface area contributed by atoms with Crippen LogP contribution in [0.1, 0.15) is 38.3 Å². The fraction of sp³-hybridized carbons (Fsp3) is 0.562. The fourth-order valence-corrected chi connectivity index (χ4v) is 2.22. The number of nitrogens with one attached hydrogen (secondary N) is 1. The van der Waals surface area contributed by atoms with Crippen LogP contribution in [0, 0.1) is 5.41 Å². The van der Waals surface area contributed by atoms with Crippen LogP contribution in [0.15, 0.2) is 24.3 Å². The molecule has 0 spiro atoms. The van der Waals surface area contributed by atoms with Gasteiger partial charge in [-0.1, -0.05) is 39.0 Å². The van der Waals surface area contributed by atoms with Gasteiger partial charge in [-0.15, -0.1) is 0 Å². The monoisotopic (exact) mass is 317 g/mol. The van der Waals surface area contributed by atoms with Crippen molar-refractivity contribution in [2.75, 3.05) is 6.61 Å². The smallest absolute Gasteiger partial charge is 0.396 e. The molecule has 1 rings (SSSR count). The van der Waals surface area contributed by atoms with Crippen molar-refractivity contribution < 1.29 is 23.1 Å². The lowest BCUT2D eigenvalue weighted by atomic mass is 9.84. The molecule has 1 atom stereocenters. The minimum Gasteiger partial charge on any atom is -0.396 e. The number of carbonyl (C=O) groups is 1. The van der Waals surface area contributed by atoms with Gasteiger partial charge < -0.3 is 10.4 Å². The van der Waals surface area contributed by atoms with Crippen molar-refractivity contribution in [3.05, 3.63) is 35.4 Å². The molecule has 22 heavy (non-hydrogen) atoms. The van der Waals surface area contributed by atoms with Gasteiger partial charge in [-0.3, -0.25) is 4.79 Å². The normalized spacial score (nSPS) is 13.8. The number of amides is 1. The summed E-state index contributed by atoms with van der Waals surface area (Å²) in [5.74, 6) is -0.481. The van der Waals surface area contributed by atoms with E-state index in [1.165, 1.54) is 18.2 Å². The summed E-state index contributed by atoms with van der Waals surface area (Å²) in [4.78, 5) is 12.1. The molecule has 0 heterocycles. The quantitative estimate of drug-likeness (QED) is 0.876. The second-order valence-electron chi connectivity index (χ2n) is 6.33. The zero-order chi connectivity index (χ0) is 17.0. The third-order valence-electron chi connectivity index (χ3n) is 3.47. The van der Waals surface area contributed by atoms with E-state index >= 15 is 0 Å². The summed E-state index contributed by atoms with van der Waals surface area (Å²) in [7, 11) is 0. The van der Waals surface area contributed by atoms with Gasteiger partial charge in [0.15, 0.2) is 0 Å². The molecule has 1 unspecified atom stereocenters. The van der Waals surface area contributed by atoms with Gasteiger partial charge in [-0.2, -0.15) is 13.2 Å². The Morgan fingerprint density at radius 3 is 2.32 bits per heavy atom. The van der Waals surface area contributed by atoms with E-state index in [4.69, 9.17) is 5.11 Å². The van der Waals surface area contributed by atoms with Crippen LogP contribution in [0.4, 0.5) is 13.2 Å². The van der Waals surface area contributed by atoms with Crippen molar-refractivity contribution in [1.29, 1.82) is 0 Å². The summed E-state index contributed by atoms with van der Waals surface area (Å²) in [5.41, 5.74) is -1.13. The molecular formula is C16H22F3NO2. The molecule has 0 aliphatic heterocycles. The number of aliphatic hydroxyl groups is 1. The highest BCUT2D eigenvalue weighted by Crippen LogP contribution is 2.32. The Morgan fingerprint density at radius 1 is 1.23 bits per heavy atom. The van der Waals surface area contributed by atoms with E-state index in [0.717, 1.165) is 6.07 Å². The lowest BCUT2D eigenvalue weighted by Gasteiger charge is -2.31. The van der Waals surface area contributed by atoms with E-state index in [1.54, 1.807) is 0 Å². The minimum atomic E-state index is -4.48. The molecule has 1 amide bonds. The fourth-order valence-electron chi connectivity index (χ4n) is 2.22. The second kappa shape index (κ2) is 7.13. The van der Waals surface area contributed by atoms with Gasteiger partial charge in [0.1, 0.15) is 0 Å². The topological polar surface area (TPSA) is 49.3 Å². The average molecular weight is 317 g/mol. The molecule has 0 radical (unpaired) electrons. The van der Waals surface area contributed by atoms with Gasteiger partial charge >= 0.3 is 6.18 Å². The molecule has 0 saturated carbocycles. The number of alkyl halides is 3. The highest BCUT2D eigenvalue weighted by Gasteiger charge is 2.33. The van der Waals surface area contributed by atoms with Gasteiger partial charge in [-0.05, 0) is 23.5 Å². The number of carbonyl (C=O) groups excluding carboxylic acids is 1. The van der Waals surface area contributed by atoms with Crippen molar-refractivity contribution in [3.8, 4) is 0 Å². The Hall–Kier alpha value is -1.56. The Bertz CT molecular complexity index is 507. The number of benzene rings is 1.